The second-order valence-electron chi connectivity index (χ2n) is 8.72. The first-order valence-electron chi connectivity index (χ1n) is 12.4. The summed E-state index contributed by atoms with van der Waals surface area (Å²) in [5.74, 6) is -0.695. The third-order valence-electron chi connectivity index (χ3n) is 6.18. The fourth-order valence-electron chi connectivity index (χ4n) is 4.17. The van der Waals surface area contributed by atoms with Crippen LogP contribution in [0.2, 0.25) is 0 Å². The zero-order valence-corrected chi connectivity index (χ0v) is 20.3. The maximum atomic E-state index is 12.9. The highest BCUT2D eigenvalue weighted by Crippen LogP contribution is 2.30. The van der Waals surface area contributed by atoms with E-state index in [9.17, 15) is 14.4 Å². The van der Waals surface area contributed by atoms with E-state index in [1.807, 2.05) is 0 Å². The van der Waals surface area contributed by atoms with Crippen molar-refractivity contribution in [3.8, 4) is 5.75 Å². The molecule has 0 aliphatic carbocycles. The molecule has 0 spiro atoms. The van der Waals surface area contributed by atoms with Crippen LogP contribution in [0.25, 0.3) is 0 Å². The fourth-order valence-corrected chi connectivity index (χ4v) is 4.17. The van der Waals surface area contributed by atoms with Crippen molar-refractivity contribution in [1.29, 1.82) is 0 Å². The number of hydrogen-bond donors (Lipinski definition) is 0. The number of ether oxygens (including phenoxy) is 2. The maximum absolute atomic E-state index is 12.9. The molecular formula is C28H35NO5. The lowest BCUT2D eigenvalue weighted by Gasteiger charge is -2.14. The average molecular weight is 466 g/mol. The smallest absolute Gasteiger partial charge is 0.338 e. The number of rotatable bonds is 14. The van der Waals surface area contributed by atoms with Crippen molar-refractivity contribution in [2.45, 2.75) is 71.1 Å². The molecule has 0 aromatic heterocycles. The molecule has 6 nitrogen and oxygen atoms in total. The molecule has 2 aromatic rings. The van der Waals surface area contributed by atoms with Gasteiger partial charge >= 0.3 is 5.97 Å². The zero-order valence-electron chi connectivity index (χ0n) is 20.3. The van der Waals surface area contributed by atoms with Gasteiger partial charge in [0.25, 0.3) is 11.8 Å². The Morgan fingerprint density at radius 2 is 1.35 bits per heavy atom. The second-order valence-corrected chi connectivity index (χ2v) is 8.72. The summed E-state index contributed by atoms with van der Waals surface area (Å²) in [7, 11) is 1.55. The maximum Gasteiger partial charge on any atom is 0.338 e. The Morgan fingerprint density at radius 1 is 0.765 bits per heavy atom. The minimum atomic E-state index is -0.470. The molecule has 0 radical (unpaired) electrons. The van der Waals surface area contributed by atoms with E-state index < -0.39 is 17.8 Å². The highest BCUT2D eigenvalue weighted by molar-refractivity contribution is 6.34. The fraction of sp³-hybridized carbons (Fsp3) is 0.464. The predicted octanol–water partition coefficient (Wildman–Crippen LogP) is 6.57. The van der Waals surface area contributed by atoms with E-state index in [1.54, 1.807) is 37.4 Å². The minimum absolute atomic E-state index is 0.217. The van der Waals surface area contributed by atoms with Gasteiger partial charge in [-0.3, -0.25) is 9.59 Å². The lowest BCUT2D eigenvalue weighted by atomic mass is 10.1. The summed E-state index contributed by atoms with van der Waals surface area (Å²) >= 11 is 0. The highest BCUT2D eigenvalue weighted by Gasteiger charge is 2.37. The number of hydrogen-bond acceptors (Lipinski definition) is 5. The third-order valence-corrected chi connectivity index (χ3v) is 6.18. The van der Waals surface area contributed by atoms with Crippen molar-refractivity contribution in [2.24, 2.45) is 0 Å². The van der Waals surface area contributed by atoms with Crippen LogP contribution in [-0.4, -0.2) is 31.5 Å². The van der Waals surface area contributed by atoms with Crippen molar-refractivity contribution in [2.75, 3.05) is 18.6 Å². The number of esters is 1. The van der Waals surface area contributed by atoms with E-state index in [4.69, 9.17) is 9.47 Å². The van der Waals surface area contributed by atoms with Gasteiger partial charge in [-0.25, -0.2) is 9.69 Å². The molecule has 0 fully saturated rings. The van der Waals surface area contributed by atoms with Gasteiger partial charge in [-0.15, -0.1) is 0 Å². The summed E-state index contributed by atoms with van der Waals surface area (Å²) in [6, 6.07) is 11.2. The second kappa shape index (κ2) is 12.9. The van der Waals surface area contributed by atoms with Gasteiger partial charge in [0.05, 0.1) is 36.1 Å². The zero-order chi connectivity index (χ0) is 24.3. The van der Waals surface area contributed by atoms with Crippen LogP contribution in [0.4, 0.5) is 5.69 Å². The Kier molecular flexibility index (Phi) is 9.68. The van der Waals surface area contributed by atoms with Crippen LogP contribution >= 0.6 is 0 Å². The summed E-state index contributed by atoms with van der Waals surface area (Å²) in [5.41, 5.74) is 1.24. The normalized spacial score (nSPS) is 12.7. The SMILES string of the molecule is CCCCCCCCCCCCOC(=O)c1ccc2c(c1)C(=O)N(c1ccc(OC)cc1)C2=O. The molecule has 1 heterocycles. The van der Waals surface area contributed by atoms with Crippen LogP contribution in [-0.2, 0) is 4.74 Å². The Morgan fingerprint density at radius 3 is 1.97 bits per heavy atom. The van der Waals surface area contributed by atoms with E-state index in [2.05, 4.69) is 6.92 Å². The molecule has 34 heavy (non-hydrogen) atoms. The Hall–Kier alpha value is -3.15. The number of fused-ring (bicyclic) bond motifs is 1. The van der Waals surface area contributed by atoms with E-state index in [1.165, 1.54) is 57.1 Å². The number of benzene rings is 2. The molecule has 6 heteroatoms. The molecule has 0 saturated carbocycles. The molecule has 0 atom stereocenters. The van der Waals surface area contributed by atoms with E-state index in [0.29, 0.717) is 18.0 Å². The summed E-state index contributed by atoms with van der Waals surface area (Å²) < 4.78 is 10.5. The quantitative estimate of drug-likeness (QED) is 0.179. The number of carbonyl (C=O) groups is 3. The van der Waals surface area contributed by atoms with Crippen molar-refractivity contribution in [3.05, 3.63) is 59.2 Å². The van der Waals surface area contributed by atoms with E-state index in [0.717, 1.165) is 24.2 Å². The summed E-state index contributed by atoms with van der Waals surface area (Å²) in [5, 5.41) is 0. The molecule has 0 saturated heterocycles. The molecule has 2 aromatic carbocycles. The van der Waals surface area contributed by atoms with Gasteiger partial charge in [0.1, 0.15) is 5.75 Å². The molecular weight excluding hydrogens is 430 g/mol. The molecule has 0 unspecified atom stereocenters. The van der Waals surface area contributed by atoms with Gasteiger partial charge < -0.3 is 9.47 Å². The van der Waals surface area contributed by atoms with Crippen molar-refractivity contribution in [3.63, 3.8) is 0 Å². The Labute approximate surface area is 202 Å². The number of amides is 2. The number of unbranched alkanes of at least 4 members (excludes halogenated alkanes) is 9. The molecule has 3 rings (SSSR count). The largest absolute Gasteiger partial charge is 0.497 e. The first kappa shape index (κ1) is 25.5. The lowest BCUT2D eigenvalue weighted by molar-refractivity contribution is 0.0497. The van der Waals surface area contributed by atoms with Gasteiger partial charge in [-0.05, 0) is 48.9 Å². The van der Waals surface area contributed by atoms with Gasteiger partial charge in [0, 0.05) is 0 Å². The van der Waals surface area contributed by atoms with Crippen LogP contribution in [0.3, 0.4) is 0 Å². The van der Waals surface area contributed by atoms with E-state index in [-0.39, 0.29) is 16.7 Å². The van der Waals surface area contributed by atoms with E-state index >= 15 is 0 Å². The van der Waals surface area contributed by atoms with Crippen LogP contribution in [0.5, 0.6) is 5.75 Å². The summed E-state index contributed by atoms with van der Waals surface area (Å²) in [6.07, 6.45) is 12.1. The van der Waals surface area contributed by atoms with Crippen LogP contribution < -0.4 is 9.64 Å². The number of methoxy groups -OCH3 is 1. The van der Waals surface area contributed by atoms with Crippen LogP contribution in [0, 0.1) is 0 Å². The minimum Gasteiger partial charge on any atom is -0.497 e. The van der Waals surface area contributed by atoms with Crippen molar-refractivity contribution >= 4 is 23.5 Å². The number of carbonyl (C=O) groups excluding carboxylic acids is 3. The highest BCUT2D eigenvalue weighted by atomic mass is 16.5. The molecule has 1 aliphatic heterocycles. The first-order valence-corrected chi connectivity index (χ1v) is 12.4. The van der Waals surface area contributed by atoms with Crippen LogP contribution in [0.15, 0.2) is 42.5 Å². The number of imide groups is 1. The van der Waals surface area contributed by atoms with Gasteiger partial charge in [0.15, 0.2) is 0 Å². The van der Waals surface area contributed by atoms with Crippen molar-refractivity contribution in [1.82, 2.24) is 0 Å². The van der Waals surface area contributed by atoms with Gasteiger partial charge in [-0.2, -0.15) is 0 Å². The van der Waals surface area contributed by atoms with Gasteiger partial charge in [0.2, 0.25) is 0 Å². The molecule has 2 amide bonds. The van der Waals surface area contributed by atoms with Crippen LogP contribution in [0.1, 0.15) is 102 Å². The third kappa shape index (κ3) is 6.46. The van der Waals surface area contributed by atoms with Crippen molar-refractivity contribution < 1.29 is 23.9 Å². The predicted molar refractivity (Wildman–Crippen MR) is 133 cm³/mol. The first-order chi connectivity index (χ1) is 16.6. The summed E-state index contributed by atoms with van der Waals surface area (Å²) in [6.45, 7) is 2.59. The molecule has 0 N–H and O–H groups in total. The topological polar surface area (TPSA) is 72.9 Å². The lowest BCUT2D eigenvalue weighted by Crippen LogP contribution is -2.29. The number of nitrogens with zero attached hydrogens (tertiary/aromatic N) is 1. The monoisotopic (exact) mass is 465 g/mol. The summed E-state index contributed by atoms with van der Waals surface area (Å²) in [4.78, 5) is 39.3. The molecule has 1 aliphatic rings. The standard InChI is InChI=1S/C28H35NO5/c1-3-4-5-6-7-8-9-10-11-12-19-34-28(32)21-13-18-24-25(20-21)27(31)29(26(24)30)22-14-16-23(33-2)17-15-22/h13-18,20H,3-12,19H2,1-2H3. The number of anilines is 1. The Balaban J connectivity index is 1.45. The molecule has 182 valence electrons. The van der Waals surface area contributed by atoms with Gasteiger partial charge in [-0.1, -0.05) is 64.7 Å². The average Bonchev–Trinajstić information content (AvgIpc) is 3.11. The Bertz CT molecular complexity index is 983. The molecule has 0 bridgehead atoms.